The molecule has 0 saturated carbocycles. The maximum absolute atomic E-state index is 11.3. The maximum Gasteiger partial charge on any atom is 0.219 e. The van der Waals surface area contributed by atoms with Crippen molar-refractivity contribution in [3.05, 3.63) is 18.0 Å². The van der Waals surface area contributed by atoms with Gasteiger partial charge in [0, 0.05) is 52.9 Å². The SMILES string of the molecule is CN=C(NCCn1cc(C)cn1)N1CCN(C(C)=O)CC1. The van der Waals surface area contributed by atoms with Crippen molar-refractivity contribution in [2.75, 3.05) is 39.8 Å². The van der Waals surface area contributed by atoms with Gasteiger partial charge in [0.15, 0.2) is 5.96 Å². The van der Waals surface area contributed by atoms with Crippen LogP contribution in [0.25, 0.3) is 0 Å². The van der Waals surface area contributed by atoms with Crippen LogP contribution >= 0.6 is 0 Å². The summed E-state index contributed by atoms with van der Waals surface area (Å²) < 4.78 is 1.92. The lowest BCUT2D eigenvalue weighted by Crippen LogP contribution is -2.53. The van der Waals surface area contributed by atoms with Crippen molar-refractivity contribution in [2.45, 2.75) is 20.4 Å². The first-order valence-corrected chi connectivity index (χ1v) is 7.30. The topological polar surface area (TPSA) is 65.8 Å². The predicted octanol–water partition coefficient (Wildman–Crippen LogP) is -0.0690. The Bertz CT molecular complexity index is 501. The van der Waals surface area contributed by atoms with E-state index in [9.17, 15) is 4.79 Å². The van der Waals surface area contributed by atoms with Crippen molar-refractivity contribution in [1.29, 1.82) is 0 Å². The Balaban J connectivity index is 1.77. The van der Waals surface area contributed by atoms with Crippen LogP contribution in [0.4, 0.5) is 0 Å². The van der Waals surface area contributed by atoms with Crippen LogP contribution < -0.4 is 5.32 Å². The summed E-state index contributed by atoms with van der Waals surface area (Å²) in [4.78, 5) is 19.7. The number of carbonyl (C=O) groups is 1. The molecule has 0 spiro atoms. The van der Waals surface area contributed by atoms with E-state index in [1.807, 2.05) is 28.9 Å². The fraction of sp³-hybridized carbons (Fsp3) is 0.643. The van der Waals surface area contributed by atoms with Crippen LogP contribution in [0.2, 0.25) is 0 Å². The summed E-state index contributed by atoms with van der Waals surface area (Å²) in [6.07, 6.45) is 3.88. The lowest BCUT2D eigenvalue weighted by Gasteiger charge is -2.36. The number of carbonyl (C=O) groups excluding carboxylic acids is 1. The van der Waals surface area contributed by atoms with Gasteiger partial charge in [0.05, 0.1) is 12.7 Å². The number of rotatable bonds is 3. The van der Waals surface area contributed by atoms with Crippen LogP contribution in [0, 0.1) is 6.92 Å². The predicted molar refractivity (Wildman–Crippen MR) is 82.2 cm³/mol. The average molecular weight is 292 g/mol. The van der Waals surface area contributed by atoms with E-state index in [0.717, 1.165) is 45.2 Å². The number of guanidine groups is 1. The third kappa shape index (κ3) is 4.21. The lowest BCUT2D eigenvalue weighted by atomic mass is 10.3. The van der Waals surface area contributed by atoms with Crippen molar-refractivity contribution in [2.24, 2.45) is 4.99 Å². The number of hydrogen-bond acceptors (Lipinski definition) is 3. The van der Waals surface area contributed by atoms with Gasteiger partial charge in [-0.3, -0.25) is 14.5 Å². The summed E-state index contributed by atoms with van der Waals surface area (Å²) >= 11 is 0. The zero-order valence-corrected chi connectivity index (χ0v) is 13.0. The first kappa shape index (κ1) is 15.3. The molecule has 0 bridgehead atoms. The molecule has 1 amide bonds. The molecule has 0 radical (unpaired) electrons. The van der Waals surface area contributed by atoms with Gasteiger partial charge < -0.3 is 15.1 Å². The molecule has 2 rings (SSSR count). The Kier molecular flexibility index (Phi) is 5.19. The minimum atomic E-state index is 0.145. The maximum atomic E-state index is 11.3. The van der Waals surface area contributed by atoms with Crippen molar-refractivity contribution in [3.8, 4) is 0 Å². The quantitative estimate of drug-likeness (QED) is 0.626. The molecule has 1 aliphatic rings. The number of amides is 1. The fourth-order valence-electron chi connectivity index (χ4n) is 2.44. The van der Waals surface area contributed by atoms with Gasteiger partial charge in [-0.15, -0.1) is 0 Å². The van der Waals surface area contributed by atoms with Crippen molar-refractivity contribution >= 4 is 11.9 Å². The van der Waals surface area contributed by atoms with Crippen LogP contribution in [0.5, 0.6) is 0 Å². The molecule has 1 aromatic heterocycles. The molecule has 0 aliphatic carbocycles. The summed E-state index contributed by atoms with van der Waals surface area (Å²) in [5.74, 6) is 1.04. The highest BCUT2D eigenvalue weighted by molar-refractivity contribution is 5.80. The van der Waals surface area contributed by atoms with Crippen LogP contribution in [0.1, 0.15) is 12.5 Å². The number of piperazine rings is 1. The van der Waals surface area contributed by atoms with Crippen molar-refractivity contribution < 1.29 is 4.79 Å². The Morgan fingerprint density at radius 3 is 2.52 bits per heavy atom. The minimum absolute atomic E-state index is 0.145. The van der Waals surface area contributed by atoms with Gasteiger partial charge in [-0.25, -0.2) is 0 Å². The van der Waals surface area contributed by atoms with E-state index in [1.165, 1.54) is 5.56 Å². The van der Waals surface area contributed by atoms with E-state index in [1.54, 1.807) is 14.0 Å². The van der Waals surface area contributed by atoms with Gasteiger partial charge in [-0.05, 0) is 12.5 Å². The molecular formula is C14H24N6O. The number of nitrogens with one attached hydrogen (secondary N) is 1. The Morgan fingerprint density at radius 2 is 2.00 bits per heavy atom. The lowest BCUT2D eigenvalue weighted by molar-refractivity contribution is -0.130. The second-order valence-corrected chi connectivity index (χ2v) is 5.25. The molecule has 1 aromatic rings. The molecule has 2 heterocycles. The van der Waals surface area contributed by atoms with Gasteiger partial charge in [-0.2, -0.15) is 5.10 Å². The molecule has 0 aromatic carbocycles. The van der Waals surface area contributed by atoms with Gasteiger partial charge in [-0.1, -0.05) is 0 Å². The second kappa shape index (κ2) is 7.10. The molecule has 1 aliphatic heterocycles. The van der Waals surface area contributed by atoms with E-state index in [0.29, 0.717) is 0 Å². The largest absolute Gasteiger partial charge is 0.354 e. The average Bonchev–Trinajstić information content (AvgIpc) is 2.89. The van der Waals surface area contributed by atoms with Gasteiger partial charge in [0.2, 0.25) is 5.91 Å². The summed E-state index contributed by atoms with van der Waals surface area (Å²) in [5.41, 5.74) is 1.17. The van der Waals surface area contributed by atoms with Crippen molar-refractivity contribution in [3.63, 3.8) is 0 Å². The zero-order valence-electron chi connectivity index (χ0n) is 13.0. The highest BCUT2D eigenvalue weighted by Crippen LogP contribution is 2.02. The first-order valence-electron chi connectivity index (χ1n) is 7.30. The highest BCUT2D eigenvalue weighted by Gasteiger charge is 2.20. The van der Waals surface area contributed by atoms with E-state index < -0.39 is 0 Å². The third-order valence-corrected chi connectivity index (χ3v) is 3.62. The molecule has 1 fully saturated rings. The molecule has 116 valence electrons. The minimum Gasteiger partial charge on any atom is -0.354 e. The van der Waals surface area contributed by atoms with Gasteiger partial charge in [0.1, 0.15) is 0 Å². The molecule has 7 nitrogen and oxygen atoms in total. The third-order valence-electron chi connectivity index (χ3n) is 3.62. The number of nitrogens with zero attached hydrogens (tertiary/aromatic N) is 5. The molecule has 0 unspecified atom stereocenters. The molecule has 1 N–H and O–H groups in total. The van der Waals surface area contributed by atoms with E-state index in [-0.39, 0.29) is 5.91 Å². The van der Waals surface area contributed by atoms with Gasteiger partial charge >= 0.3 is 0 Å². The highest BCUT2D eigenvalue weighted by atomic mass is 16.2. The normalized spacial score (nSPS) is 16.2. The summed E-state index contributed by atoms with van der Waals surface area (Å²) in [5, 5.41) is 7.61. The number of hydrogen-bond donors (Lipinski definition) is 1. The second-order valence-electron chi connectivity index (χ2n) is 5.25. The molecule has 1 saturated heterocycles. The van der Waals surface area contributed by atoms with E-state index >= 15 is 0 Å². The molecule has 7 heteroatoms. The van der Waals surface area contributed by atoms with Crippen LogP contribution in [-0.4, -0.2) is 71.2 Å². The summed E-state index contributed by atoms with van der Waals surface area (Å²) in [6, 6.07) is 0. The Hall–Kier alpha value is -2.05. The van der Waals surface area contributed by atoms with E-state index in [2.05, 4.69) is 20.3 Å². The molecule has 0 atom stereocenters. The smallest absolute Gasteiger partial charge is 0.219 e. The molecule has 21 heavy (non-hydrogen) atoms. The summed E-state index contributed by atoms with van der Waals surface area (Å²) in [7, 11) is 1.79. The van der Waals surface area contributed by atoms with Crippen LogP contribution in [-0.2, 0) is 11.3 Å². The monoisotopic (exact) mass is 292 g/mol. The Labute approximate surface area is 125 Å². The Morgan fingerprint density at radius 1 is 1.33 bits per heavy atom. The standard InChI is InChI=1S/C14H24N6O/c1-12-10-17-20(11-12)5-4-16-14(15-3)19-8-6-18(7-9-19)13(2)21/h10-11H,4-9H2,1-3H3,(H,15,16). The summed E-state index contributed by atoms with van der Waals surface area (Å²) in [6.45, 7) is 8.39. The van der Waals surface area contributed by atoms with Crippen LogP contribution in [0.15, 0.2) is 17.4 Å². The van der Waals surface area contributed by atoms with Gasteiger partial charge in [0.25, 0.3) is 0 Å². The molecular weight excluding hydrogens is 268 g/mol. The number of aryl methyl sites for hydroxylation is 1. The van der Waals surface area contributed by atoms with Crippen LogP contribution in [0.3, 0.4) is 0 Å². The number of aromatic nitrogens is 2. The zero-order chi connectivity index (χ0) is 15.2. The fourth-order valence-corrected chi connectivity index (χ4v) is 2.44. The first-order chi connectivity index (χ1) is 10.1. The van der Waals surface area contributed by atoms with Crippen molar-refractivity contribution in [1.82, 2.24) is 24.9 Å². The number of aliphatic imine (C=N–C) groups is 1. The van der Waals surface area contributed by atoms with E-state index in [4.69, 9.17) is 0 Å².